The van der Waals surface area contributed by atoms with Crippen LogP contribution in [0.15, 0.2) is 0 Å². The summed E-state index contributed by atoms with van der Waals surface area (Å²) in [6.45, 7) is 4.70. The van der Waals surface area contributed by atoms with Crippen molar-refractivity contribution in [3.05, 3.63) is 0 Å². The molecule has 2 aliphatic rings. The van der Waals surface area contributed by atoms with Crippen LogP contribution < -0.4 is 0 Å². The van der Waals surface area contributed by atoms with Crippen molar-refractivity contribution in [1.82, 2.24) is 0 Å². The molecule has 5 heteroatoms. The molecule has 4 nitrogen and oxygen atoms in total. The molecule has 1 aliphatic heterocycles. The number of ether oxygens (including phenoxy) is 1. The molecule has 0 spiro atoms. The Morgan fingerprint density at radius 1 is 1.35 bits per heavy atom. The highest BCUT2D eigenvalue weighted by Gasteiger charge is 2.47. The monoisotopic (exact) mass is 304 g/mol. The highest BCUT2D eigenvalue weighted by Crippen LogP contribution is 2.44. The summed E-state index contributed by atoms with van der Waals surface area (Å²) in [7, 11) is -3.00. The first kappa shape index (κ1) is 16.2. The summed E-state index contributed by atoms with van der Waals surface area (Å²) in [5, 5.41) is 10.8. The van der Waals surface area contributed by atoms with Gasteiger partial charge in [0.05, 0.1) is 23.1 Å². The Morgan fingerprint density at radius 3 is 2.65 bits per heavy atom. The van der Waals surface area contributed by atoms with Crippen LogP contribution in [0.25, 0.3) is 0 Å². The van der Waals surface area contributed by atoms with Gasteiger partial charge in [0.2, 0.25) is 0 Å². The average molecular weight is 304 g/mol. The van der Waals surface area contributed by atoms with Crippen LogP contribution in [0, 0.1) is 5.92 Å². The molecule has 118 valence electrons. The average Bonchev–Trinajstić information content (AvgIpc) is 2.38. The van der Waals surface area contributed by atoms with Gasteiger partial charge in [0.15, 0.2) is 0 Å². The maximum atomic E-state index is 11.8. The third kappa shape index (κ3) is 3.37. The lowest BCUT2D eigenvalue weighted by molar-refractivity contribution is -0.177. The van der Waals surface area contributed by atoms with E-state index in [1.165, 1.54) is 6.26 Å². The standard InChI is InChI=1S/C15H28O4S/c1-4-14(2)11-15(16,8-9-19-14)12-6-5-7-13(10-12)20(3,17)18/h12-13,16H,4-11H2,1-3H3. The lowest BCUT2D eigenvalue weighted by Gasteiger charge is -2.48. The van der Waals surface area contributed by atoms with Crippen LogP contribution in [0.3, 0.4) is 0 Å². The van der Waals surface area contributed by atoms with Crippen molar-refractivity contribution in [1.29, 1.82) is 0 Å². The van der Waals surface area contributed by atoms with E-state index in [9.17, 15) is 13.5 Å². The minimum Gasteiger partial charge on any atom is -0.389 e. The topological polar surface area (TPSA) is 63.6 Å². The molecule has 0 aromatic heterocycles. The molecular formula is C15H28O4S. The molecule has 1 N–H and O–H groups in total. The van der Waals surface area contributed by atoms with Gasteiger partial charge in [0, 0.05) is 12.7 Å². The molecule has 1 saturated carbocycles. The molecule has 0 radical (unpaired) electrons. The van der Waals surface area contributed by atoms with Gasteiger partial charge >= 0.3 is 0 Å². The first-order valence-electron chi connectivity index (χ1n) is 7.74. The molecule has 0 amide bonds. The van der Waals surface area contributed by atoms with Crippen LogP contribution in [-0.4, -0.2) is 42.8 Å². The molecule has 4 atom stereocenters. The molecule has 2 rings (SSSR count). The second-order valence-electron chi connectivity index (χ2n) is 7.00. The van der Waals surface area contributed by atoms with Gasteiger partial charge in [-0.05, 0) is 44.9 Å². The Kier molecular flexibility index (Phi) is 4.53. The Hall–Kier alpha value is -0.130. The first-order chi connectivity index (χ1) is 9.19. The normalized spacial score (nSPS) is 43.4. The highest BCUT2D eigenvalue weighted by atomic mass is 32.2. The van der Waals surface area contributed by atoms with Crippen LogP contribution in [0.1, 0.15) is 58.8 Å². The van der Waals surface area contributed by atoms with Crippen molar-refractivity contribution >= 4 is 9.84 Å². The number of rotatable bonds is 3. The van der Waals surface area contributed by atoms with Crippen molar-refractivity contribution in [3.8, 4) is 0 Å². The summed E-state index contributed by atoms with van der Waals surface area (Å²) < 4.78 is 29.4. The minimum atomic E-state index is -3.00. The Bertz CT molecular complexity index is 447. The molecule has 0 bridgehead atoms. The minimum absolute atomic E-state index is 0.0887. The Balaban J connectivity index is 2.13. The van der Waals surface area contributed by atoms with Gasteiger partial charge in [0.1, 0.15) is 9.84 Å². The van der Waals surface area contributed by atoms with Gasteiger partial charge < -0.3 is 9.84 Å². The fourth-order valence-electron chi connectivity index (χ4n) is 3.86. The molecule has 0 aromatic rings. The molecular weight excluding hydrogens is 276 g/mol. The van der Waals surface area contributed by atoms with Crippen LogP contribution in [0.4, 0.5) is 0 Å². The number of aliphatic hydroxyl groups is 1. The van der Waals surface area contributed by atoms with E-state index >= 15 is 0 Å². The number of sulfone groups is 1. The molecule has 20 heavy (non-hydrogen) atoms. The summed E-state index contributed by atoms with van der Waals surface area (Å²) in [5.41, 5.74) is -1.03. The van der Waals surface area contributed by atoms with Gasteiger partial charge in [-0.25, -0.2) is 8.42 Å². The van der Waals surface area contributed by atoms with E-state index in [1.807, 2.05) is 6.92 Å². The van der Waals surface area contributed by atoms with E-state index in [0.29, 0.717) is 25.9 Å². The zero-order valence-electron chi connectivity index (χ0n) is 12.9. The second kappa shape index (κ2) is 5.58. The Morgan fingerprint density at radius 2 is 2.05 bits per heavy atom. The van der Waals surface area contributed by atoms with Gasteiger partial charge in [-0.1, -0.05) is 13.3 Å². The van der Waals surface area contributed by atoms with E-state index in [1.54, 1.807) is 0 Å². The smallest absolute Gasteiger partial charge is 0.150 e. The fourth-order valence-corrected chi connectivity index (χ4v) is 5.04. The predicted octanol–water partition coefficient (Wildman–Crippen LogP) is 2.30. The third-order valence-electron chi connectivity index (χ3n) is 5.40. The van der Waals surface area contributed by atoms with Crippen molar-refractivity contribution in [2.24, 2.45) is 5.92 Å². The number of hydrogen-bond acceptors (Lipinski definition) is 4. The van der Waals surface area contributed by atoms with Gasteiger partial charge in [-0.2, -0.15) is 0 Å². The van der Waals surface area contributed by atoms with Crippen LogP contribution in [-0.2, 0) is 14.6 Å². The summed E-state index contributed by atoms with van der Waals surface area (Å²) in [6, 6.07) is 0. The lowest BCUT2D eigenvalue weighted by atomic mass is 9.69. The molecule has 1 saturated heterocycles. The predicted molar refractivity (Wildman–Crippen MR) is 79.4 cm³/mol. The summed E-state index contributed by atoms with van der Waals surface area (Å²) in [5.74, 6) is 0.0887. The Labute approximate surface area is 122 Å². The van der Waals surface area contributed by atoms with E-state index in [2.05, 4.69) is 6.92 Å². The van der Waals surface area contributed by atoms with Gasteiger partial charge in [0.25, 0.3) is 0 Å². The van der Waals surface area contributed by atoms with E-state index in [-0.39, 0.29) is 16.8 Å². The van der Waals surface area contributed by atoms with Crippen LogP contribution in [0.2, 0.25) is 0 Å². The summed E-state index contributed by atoms with van der Waals surface area (Å²) in [4.78, 5) is 0. The largest absolute Gasteiger partial charge is 0.389 e. The quantitative estimate of drug-likeness (QED) is 0.869. The van der Waals surface area contributed by atoms with Gasteiger partial charge in [-0.15, -0.1) is 0 Å². The van der Waals surface area contributed by atoms with Crippen molar-refractivity contribution in [3.63, 3.8) is 0 Å². The van der Waals surface area contributed by atoms with Gasteiger partial charge in [-0.3, -0.25) is 0 Å². The number of hydrogen-bond donors (Lipinski definition) is 1. The molecule has 1 heterocycles. The zero-order valence-corrected chi connectivity index (χ0v) is 13.7. The van der Waals surface area contributed by atoms with E-state index < -0.39 is 15.4 Å². The molecule has 0 aromatic carbocycles. The lowest BCUT2D eigenvalue weighted by Crippen LogP contribution is -2.53. The molecule has 1 aliphatic carbocycles. The highest BCUT2D eigenvalue weighted by molar-refractivity contribution is 7.91. The zero-order chi connectivity index (χ0) is 15.0. The first-order valence-corrected chi connectivity index (χ1v) is 9.69. The molecule has 2 fully saturated rings. The van der Waals surface area contributed by atoms with Crippen molar-refractivity contribution in [2.45, 2.75) is 75.2 Å². The van der Waals surface area contributed by atoms with Crippen LogP contribution in [0.5, 0.6) is 0 Å². The maximum Gasteiger partial charge on any atom is 0.150 e. The van der Waals surface area contributed by atoms with E-state index in [4.69, 9.17) is 4.74 Å². The SMILES string of the molecule is CCC1(C)CC(O)(C2CCCC(S(C)(=O)=O)C2)CCO1. The molecule has 4 unspecified atom stereocenters. The van der Waals surface area contributed by atoms with Crippen molar-refractivity contribution < 1.29 is 18.3 Å². The fraction of sp³-hybridized carbons (Fsp3) is 1.00. The summed E-state index contributed by atoms with van der Waals surface area (Å²) >= 11 is 0. The van der Waals surface area contributed by atoms with Crippen molar-refractivity contribution in [2.75, 3.05) is 12.9 Å². The van der Waals surface area contributed by atoms with Crippen LogP contribution >= 0.6 is 0 Å². The second-order valence-corrected chi connectivity index (χ2v) is 9.32. The maximum absolute atomic E-state index is 11.8. The third-order valence-corrected chi connectivity index (χ3v) is 7.04. The van der Waals surface area contributed by atoms with E-state index in [0.717, 1.165) is 25.7 Å². The summed E-state index contributed by atoms with van der Waals surface area (Å²) in [6.07, 6.45) is 6.63.